The van der Waals surface area contributed by atoms with Crippen molar-refractivity contribution in [1.29, 1.82) is 0 Å². The van der Waals surface area contributed by atoms with Crippen LogP contribution in [0.1, 0.15) is 28.4 Å². The first-order valence-corrected chi connectivity index (χ1v) is 10.0. The van der Waals surface area contributed by atoms with Gasteiger partial charge in [-0.05, 0) is 61.0 Å². The zero-order chi connectivity index (χ0) is 21.3. The van der Waals surface area contributed by atoms with Crippen LogP contribution in [0.15, 0.2) is 71.8 Å². The summed E-state index contributed by atoms with van der Waals surface area (Å²) in [5.74, 6) is 1.02. The molecule has 0 aliphatic carbocycles. The monoisotopic (exact) mass is 442 g/mol. The average Bonchev–Trinajstić information content (AvgIpc) is 2.76. The summed E-state index contributed by atoms with van der Waals surface area (Å²) >= 11 is 12.0. The van der Waals surface area contributed by atoms with E-state index in [4.69, 9.17) is 32.7 Å². The molecule has 3 aromatic carbocycles. The molecule has 0 aliphatic heterocycles. The molecule has 0 spiro atoms. The number of ether oxygens (including phenoxy) is 2. The summed E-state index contributed by atoms with van der Waals surface area (Å²) < 4.78 is 11.2. The minimum absolute atomic E-state index is 0.316. The highest BCUT2D eigenvalue weighted by atomic mass is 35.5. The molecule has 3 aromatic rings. The van der Waals surface area contributed by atoms with Crippen LogP contribution < -0.4 is 14.9 Å². The molecule has 154 valence electrons. The molecule has 0 fully saturated rings. The van der Waals surface area contributed by atoms with Crippen molar-refractivity contribution in [3.05, 3.63) is 93.5 Å². The third-order valence-electron chi connectivity index (χ3n) is 4.09. The number of para-hydroxylation sites is 1. The van der Waals surface area contributed by atoms with Gasteiger partial charge in [0.05, 0.1) is 22.9 Å². The first-order valence-electron chi connectivity index (χ1n) is 9.29. The van der Waals surface area contributed by atoms with Crippen molar-refractivity contribution in [2.24, 2.45) is 5.10 Å². The number of amides is 1. The van der Waals surface area contributed by atoms with Gasteiger partial charge in [0.2, 0.25) is 0 Å². The van der Waals surface area contributed by atoms with Crippen LogP contribution in [0.25, 0.3) is 0 Å². The van der Waals surface area contributed by atoms with Crippen LogP contribution in [0, 0.1) is 0 Å². The van der Waals surface area contributed by atoms with E-state index >= 15 is 0 Å². The first kappa shape index (κ1) is 21.7. The number of hydrogen-bond donors (Lipinski definition) is 1. The topological polar surface area (TPSA) is 59.9 Å². The highest BCUT2D eigenvalue weighted by Gasteiger charge is 2.06. The molecule has 0 radical (unpaired) electrons. The molecule has 5 nitrogen and oxygen atoms in total. The molecular weight excluding hydrogens is 423 g/mol. The Hall–Kier alpha value is -3.02. The maximum Gasteiger partial charge on any atom is 0.271 e. The smallest absolute Gasteiger partial charge is 0.271 e. The van der Waals surface area contributed by atoms with Crippen molar-refractivity contribution >= 4 is 35.3 Å². The van der Waals surface area contributed by atoms with Crippen LogP contribution in [0.3, 0.4) is 0 Å². The van der Waals surface area contributed by atoms with Crippen molar-refractivity contribution in [2.45, 2.75) is 13.5 Å². The average molecular weight is 443 g/mol. The van der Waals surface area contributed by atoms with Crippen LogP contribution in [-0.4, -0.2) is 18.7 Å². The number of nitrogens with one attached hydrogen (secondary N) is 1. The van der Waals surface area contributed by atoms with Crippen molar-refractivity contribution < 1.29 is 14.3 Å². The zero-order valence-electron chi connectivity index (χ0n) is 16.3. The summed E-state index contributed by atoms with van der Waals surface area (Å²) in [4.78, 5) is 12.2. The Morgan fingerprint density at radius 3 is 2.50 bits per heavy atom. The first-order chi connectivity index (χ1) is 14.6. The Bertz CT molecular complexity index is 1040. The highest BCUT2D eigenvalue weighted by molar-refractivity contribution is 6.42. The lowest BCUT2D eigenvalue weighted by Gasteiger charge is -2.09. The second-order valence-electron chi connectivity index (χ2n) is 6.23. The molecular formula is C23H20Cl2N2O3. The third-order valence-corrected chi connectivity index (χ3v) is 4.83. The number of hydrazone groups is 1. The summed E-state index contributed by atoms with van der Waals surface area (Å²) in [7, 11) is 0. The molecule has 0 bridgehead atoms. The van der Waals surface area contributed by atoms with Gasteiger partial charge in [-0.3, -0.25) is 4.79 Å². The lowest BCUT2D eigenvalue weighted by molar-refractivity contribution is 0.0955. The number of benzene rings is 3. The quantitative estimate of drug-likeness (QED) is 0.357. The molecule has 1 N–H and O–H groups in total. The van der Waals surface area contributed by atoms with Gasteiger partial charge < -0.3 is 9.47 Å². The van der Waals surface area contributed by atoms with Crippen molar-refractivity contribution in [1.82, 2.24) is 5.43 Å². The Labute approximate surface area is 185 Å². The lowest BCUT2D eigenvalue weighted by atomic mass is 10.2. The van der Waals surface area contributed by atoms with Gasteiger partial charge in [-0.15, -0.1) is 0 Å². The highest BCUT2D eigenvalue weighted by Crippen LogP contribution is 2.24. The lowest BCUT2D eigenvalue weighted by Crippen LogP contribution is -2.17. The van der Waals surface area contributed by atoms with Crippen LogP contribution in [0.5, 0.6) is 11.5 Å². The largest absolute Gasteiger partial charge is 0.494 e. The molecule has 30 heavy (non-hydrogen) atoms. The Morgan fingerprint density at radius 1 is 1.00 bits per heavy atom. The third kappa shape index (κ3) is 5.99. The molecule has 0 saturated heterocycles. The number of halogens is 2. The van der Waals surface area contributed by atoms with Crippen molar-refractivity contribution in [3.8, 4) is 11.5 Å². The number of carbonyl (C=O) groups excluding carboxylic acids is 1. The zero-order valence-corrected chi connectivity index (χ0v) is 17.8. The maximum absolute atomic E-state index is 12.2. The van der Waals surface area contributed by atoms with Crippen LogP contribution in [-0.2, 0) is 6.61 Å². The Balaban J connectivity index is 1.61. The standard InChI is InChI=1S/C23H20Cl2N2O3/c1-2-29-19-10-8-17(9-11-19)23(28)27-26-14-18-5-3-4-6-22(18)30-15-16-7-12-20(24)21(25)13-16/h3-14H,2,15H2,1H3,(H,27,28)/b26-14+. The van der Waals surface area contributed by atoms with E-state index in [1.54, 1.807) is 36.4 Å². The molecule has 7 heteroatoms. The van der Waals surface area contributed by atoms with E-state index in [1.165, 1.54) is 6.21 Å². The van der Waals surface area contributed by atoms with E-state index < -0.39 is 0 Å². The molecule has 0 unspecified atom stereocenters. The predicted octanol–water partition coefficient (Wildman–Crippen LogP) is 5.74. The summed E-state index contributed by atoms with van der Waals surface area (Å²) in [6, 6.07) is 19.6. The van der Waals surface area contributed by atoms with E-state index in [2.05, 4.69) is 10.5 Å². The fourth-order valence-corrected chi connectivity index (χ4v) is 2.92. The van der Waals surface area contributed by atoms with Crippen molar-refractivity contribution in [3.63, 3.8) is 0 Å². The number of nitrogens with zero attached hydrogens (tertiary/aromatic N) is 1. The van der Waals surface area contributed by atoms with Gasteiger partial charge >= 0.3 is 0 Å². The second-order valence-corrected chi connectivity index (χ2v) is 7.05. The normalized spacial score (nSPS) is 10.8. The Morgan fingerprint density at radius 2 is 1.77 bits per heavy atom. The molecule has 0 heterocycles. The molecule has 1 amide bonds. The van der Waals surface area contributed by atoms with Gasteiger partial charge in [-0.1, -0.05) is 41.4 Å². The minimum atomic E-state index is -0.316. The van der Waals surface area contributed by atoms with E-state index in [9.17, 15) is 4.79 Å². The SMILES string of the molecule is CCOc1ccc(C(=O)N/N=C/c2ccccc2OCc2ccc(Cl)c(Cl)c2)cc1. The predicted molar refractivity (Wildman–Crippen MR) is 120 cm³/mol. The summed E-state index contributed by atoms with van der Waals surface area (Å²) in [5.41, 5.74) is 4.62. The van der Waals surface area contributed by atoms with Crippen molar-refractivity contribution in [2.75, 3.05) is 6.61 Å². The molecule has 0 aliphatic rings. The van der Waals surface area contributed by atoms with E-state index in [1.807, 2.05) is 37.3 Å². The number of carbonyl (C=O) groups is 1. The molecule has 0 saturated carbocycles. The fraction of sp³-hybridized carbons (Fsp3) is 0.130. The molecule has 0 aromatic heterocycles. The number of rotatable bonds is 8. The van der Waals surface area contributed by atoms with Gasteiger partial charge in [0.1, 0.15) is 18.1 Å². The number of hydrogen-bond acceptors (Lipinski definition) is 4. The Kier molecular flexibility index (Phi) is 7.71. The summed E-state index contributed by atoms with van der Waals surface area (Å²) in [6.07, 6.45) is 1.54. The maximum atomic E-state index is 12.2. The molecule has 0 atom stereocenters. The summed E-state index contributed by atoms with van der Waals surface area (Å²) in [5, 5.41) is 5.02. The van der Waals surface area contributed by atoms with E-state index in [0.717, 1.165) is 11.1 Å². The van der Waals surface area contributed by atoms with Crippen LogP contribution in [0.2, 0.25) is 10.0 Å². The second kappa shape index (κ2) is 10.7. The van der Waals surface area contributed by atoms with Crippen LogP contribution >= 0.6 is 23.2 Å². The van der Waals surface area contributed by atoms with Gasteiger partial charge in [0, 0.05) is 11.1 Å². The van der Waals surface area contributed by atoms with E-state index in [0.29, 0.717) is 40.3 Å². The minimum Gasteiger partial charge on any atom is -0.494 e. The van der Waals surface area contributed by atoms with E-state index in [-0.39, 0.29) is 5.91 Å². The van der Waals surface area contributed by atoms with Gasteiger partial charge in [0.25, 0.3) is 5.91 Å². The van der Waals surface area contributed by atoms with Gasteiger partial charge in [-0.2, -0.15) is 5.10 Å². The summed E-state index contributed by atoms with van der Waals surface area (Å²) in [6.45, 7) is 2.80. The van der Waals surface area contributed by atoms with Gasteiger partial charge in [0.15, 0.2) is 0 Å². The molecule has 3 rings (SSSR count). The van der Waals surface area contributed by atoms with Gasteiger partial charge in [-0.25, -0.2) is 5.43 Å². The fourth-order valence-electron chi connectivity index (χ4n) is 2.60. The van der Waals surface area contributed by atoms with Crippen LogP contribution in [0.4, 0.5) is 0 Å².